The van der Waals surface area contributed by atoms with E-state index in [4.69, 9.17) is 37.4 Å². The fourth-order valence-corrected chi connectivity index (χ4v) is 3.08. The summed E-state index contributed by atoms with van der Waals surface area (Å²) in [6.45, 7) is 1.62. The molecular weight excluding hydrogens is 349 g/mol. The molecule has 1 saturated heterocycles. The third-order valence-corrected chi connectivity index (χ3v) is 4.30. The van der Waals surface area contributed by atoms with Crippen molar-refractivity contribution in [2.24, 2.45) is 0 Å². The number of aromatic nitrogens is 1. The number of halogens is 2. The lowest BCUT2D eigenvalue weighted by Gasteiger charge is -2.11. The molecule has 6 heteroatoms. The number of pyridine rings is 1. The van der Waals surface area contributed by atoms with E-state index in [1.54, 1.807) is 24.4 Å². The van der Waals surface area contributed by atoms with Crippen LogP contribution in [0.25, 0.3) is 0 Å². The van der Waals surface area contributed by atoms with E-state index in [0.717, 1.165) is 25.9 Å². The van der Waals surface area contributed by atoms with Crippen molar-refractivity contribution < 1.29 is 14.2 Å². The van der Waals surface area contributed by atoms with Crippen molar-refractivity contribution in [3.63, 3.8) is 0 Å². The molecule has 24 heavy (non-hydrogen) atoms. The Kier molecular flexibility index (Phi) is 6.18. The highest BCUT2D eigenvalue weighted by atomic mass is 35.5. The van der Waals surface area contributed by atoms with Crippen molar-refractivity contribution in [3.05, 3.63) is 52.1 Å². The van der Waals surface area contributed by atoms with E-state index in [-0.39, 0.29) is 0 Å². The molecule has 0 bridgehead atoms. The van der Waals surface area contributed by atoms with Crippen molar-refractivity contribution in [2.75, 3.05) is 19.8 Å². The Balaban J connectivity index is 1.46. The molecule has 0 radical (unpaired) electrons. The number of benzene rings is 1. The van der Waals surface area contributed by atoms with Gasteiger partial charge in [-0.1, -0.05) is 23.2 Å². The first kappa shape index (κ1) is 17.3. The van der Waals surface area contributed by atoms with Crippen LogP contribution in [-0.4, -0.2) is 30.9 Å². The zero-order valence-electron chi connectivity index (χ0n) is 13.2. The number of hydrogen-bond acceptors (Lipinski definition) is 4. The molecule has 128 valence electrons. The molecule has 3 rings (SSSR count). The van der Waals surface area contributed by atoms with Gasteiger partial charge in [0.05, 0.1) is 11.1 Å². The van der Waals surface area contributed by atoms with Crippen molar-refractivity contribution in [1.29, 1.82) is 0 Å². The summed E-state index contributed by atoms with van der Waals surface area (Å²) in [5, 5.41) is 1.06. The number of hydrogen-bond donors (Lipinski definition) is 0. The molecule has 1 aromatic carbocycles. The van der Waals surface area contributed by atoms with Gasteiger partial charge in [-0.2, -0.15) is 0 Å². The Morgan fingerprint density at radius 3 is 2.79 bits per heavy atom. The van der Waals surface area contributed by atoms with Crippen LogP contribution in [0.2, 0.25) is 10.0 Å². The standard InChI is InChI=1S/C18H19Cl2NO3/c19-14-3-4-17(16(20)12-14)23-8-9-24-18-11-13(5-6-21-18)10-15-2-1-7-22-15/h3-6,11-12,15H,1-2,7-10H2. The van der Waals surface area contributed by atoms with Gasteiger partial charge < -0.3 is 14.2 Å². The molecule has 0 N–H and O–H groups in total. The molecule has 0 spiro atoms. The Morgan fingerprint density at radius 1 is 1.12 bits per heavy atom. The summed E-state index contributed by atoms with van der Waals surface area (Å²) in [6, 6.07) is 9.08. The van der Waals surface area contributed by atoms with Crippen molar-refractivity contribution in [1.82, 2.24) is 4.98 Å². The highest BCUT2D eigenvalue weighted by Crippen LogP contribution is 2.27. The maximum atomic E-state index is 6.05. The van der Waals surface area contributed by atoms with Gasteiger partial charge in [0.2, 0.25) is 5.88 Å². The van der Waals surface area contributed by atoms with E-state index in [2.05, 4.69) is 4.98 Å². The molecule has 0 amide bonds. The monoisotopic (exact) mass is 367 g/mol. The Bertz CT molecular complexity index is 675. The third-order valence-electron chi connectivity index (χ3n) is 3.77. The highest BCUT2D eigenvalue weighted by molar-refractivity contribution is 6.35. The van der Waals surface area contributed by atoms with Crippen molar-refractivity contribution in [3.8, 4) is 11.6 Å². The minimum absolute atomic E-state index is 0.315. The normalized spacial score (nSPS) is 17.0. The first-order chi connectivity index (χ1) is 11.7. The van der Waals surface area contributed by atoms with Crippen LogP contribution in [0.4, 0.5) is 0 Å². The summed E-state index contributed by atoms with van der Waals surface area (Å²) >= 11 is 11.9. The topological polar surface area (TPSA) is 40.6 Å². The van der Waals surface area contributed by atoms with Crippen LogP contribution < -0.4 is 9.47 Å². The summed E-state index contributed by atoms with van der Waals surface area (Å²) in [7, 11) is 0. The van der Waals surface area contributed by atoms with Gasteiger partial charge in [0.1, 0.15) is 19.0 Å². The van der Waals surface area contributed by atoms with Gasteiger partial charge in [0.25, 0.3) is 0 Å². The predicted molar refractivity (Wildman–Crippen MR) is 94.4 cm³/mol. The summed E-state index contributed by atoms with van der Waals surface area (Å²) in [6.07, 6.45) is 5.24. The first-order valence-corrected chi connectivity index (χ1v) is 8.73. The zero-order chi connectivity index (χ0) is 16.8. The molecule has 0 aliphatic carbocycles. The van der Waals surface area contributed by atoms with Crippen LogP contribution >= 0.6 is 23.2 Å². The van der Waals surface area contributed by atoms with E-state index >= 15 is 0 Å². The summed E-state index contributed by atoms with van der Waals surface area (Å²) in [5.74, 6) is 1.18. The lowest BCUT2D eigenvalue weighted by Crippen LogP contribution is -2.11. The Hall–Kier alpha value is -1.49. The molecule has 1 aliphatic rings. The molecule has 0 saturated carbocycles. The van der Waals surface area contributed by atoms with Gasteiger partial charge in [-0.05, 0) is 49.1 Å². The van der Waals surface area contributed by atoms with Crippen LogP contribution in [0.15, 0.2) is 36.5 Å². The molecule has 1 unspecified atom stereocenters. The van der Waals surface area contributed by atoms with E-state index in [1.807, 2.05) is 12.1 Å². The molecule has 1 fully saturated rings. The van der Waals surface area contributed by atoms with Crippen molar-refractivity contribution in [2.45, 2.75) is 25.4 Å². The fraction of sp³-hybridized carbons (Fsp3) is 0.389. The maximum Gasteiger partial charge on any atom is 0.213 e. The summed E-state index contributed by atoms with van der Waals surface area (Å²) < 4.78 is 16.9. The van der Waals surface area contributed by atoms with Gasteiger partial charge >= 0.3 is 0 Å². The van der Waals surface area contributed by atoms with Gasteiger partial charge in [0, 0.05) is 23.9 Å². The summed E-state index contributed by atoms with van der Waals surface area (Å²) in [4.78, 5) is 4.23. The molecule has 2 aromatic rings. The lowest BCUT2D eigenvalue weighted by molar-refractivity contribution is 0.111. The smallest absolute Gasteiger partial charge is 0.213 e. The molecule has 4 nitrogen and oxygen atoms in total. The average molecular weight is 368 g/mol. The minimum Gasteiger partial charge on any atom is -0.488 e. The molecule has 1 aliphatic heterocycles. The van der Waals surface area contributed by atoms with Crippen LogP contribution in [0, 0.1) is 0 Å². The minimum atomic E-state index is 0.315. The fourth-order valence-electron chi connectivity index (χ4n) is 2.61. The molecule has 1 aromatic heterocycles. The van der Waals surface area contributed by atoms with Crippen molar-refractivity contribution >= 4 is 23.2 Å². The quantitative estimate of drug-likeness (QED) is 0.672. The molecule has 1 atom stereocenters. The third kappa shape index (κ3) is 5.00. The van der Waals surface area contributed by atoms with Crippen LogP contribution in [-0.2, 0) is 11.2 Å². The summed E-state index contributed by atoms with van der Waals surface area (Å²) in [5.41, 5.74) is 1.17. The van der Waals surface area contributed by atoms with E-state index in [1.165, 1.54) is 5.56 Å². The highest BCUT2D eigenvalue weighted by Gasteiger charge is 2.16. The second-order valence-corrected chi connectivity index (χ2v) is 6.46. The van der Waals surface area contributed by atoms with E-state index < -0.39 is 0 Å². The SMILES string of the molecule is Clc1ccc(OCCOc2cc(CC3CCCO3)ccn2)c(Cl)c1. The van der Waals surface area contributed by atoms with Gasteiger partial charge in [-0.25, -0.2) is 4.98 Å². The number of nitrogens with zero attached hydrogens (tertiary/aromatic N) is 1. The lowest BCUT2D eigenvalue weighted by atomic mass is 10.1. The van der Waals surface area contributed by atoms with Gasteiger partial charge in [0.15, 0.2) is 0 Å². The van der Waals surface area contributed by atoms with Crippen LogP contribution in [0.3, 0.4) is 0 Å². The number of ether oxygens (including phenoxy) is 3. The van der Waals surface area contributed by atoms with Gasteiger partial charge in [-0.15, -0.1) is 0 Å². The van der Waals surface area contributed by atoms with E-state index in [0.29, 0.717) is 41.0 Å². The Labute approximate surface area is 151 Å². The second-order valence-electron chi connectivity index (χ2n) is 5.61. The van der Waals surface area contributed by atoms with Crippen LogP contribution in [0.5, 0.6) is 11.6 Å². The zero-order valence-corrected chi connectivity index (χ0v) is 14.7. The Morgan fingerprint density at radius 2 is 2.00 bits per heavy atom. The maximum absolute atomic E-state index is 6.05. The largest absolute Gasteiger partial charge is 0.488 e. The predicted octanol–water partition coefficient (Wildman–Crippen LogP) is 4.57. The number of rotatable bonds is 7. The van der Waals surface area contributed by atoms with E-state index in [9.17, 15) is 0 Å². The molecular formula is C18H19Cl2NO3. The second kappa shape index (κ2) is 8.56. The average Bonchev–Trinajstić information content (AvgIpc) is 3.06. The first-order valence-electron chi connectivity index (χ1n) is 7.98. The van der Waals surface area contributed by atoms with Gasteiger partial charge in [-0.3, -0.25) is 0 Å². The molecule has 2 heterocycles. The van der Waals surface area contributed by atoms with Crippen LogP contribution in [0.1, 0.15) is 18.4 Å².